The summed E-state index contributed by atoms with van der Waals surface area (Å²) in [5.74, 6) is -2.82. The van der Waals surface area contributed by atoms with Crippen LogP contribution >= 0.6 is 11.3 Å². The number of benzene rings is 3. The van der Waals surface area contributed by atoms with Gasteiger partial charge in [-0.1, -0.05) is 48.5 Å². The Morgan fingerprint density at radius 2 is 1.81 bits per heavy atom. The van der Waals surface area contributed by atoms with Crippen LogP contribution in [-0.2, 0) is 14.2 Å². The van der Waals surface area contributed by atoms with Crippen molar-refractivity contribution in [2.24, 2.45) is 0 Å². The molecule has 3 aromatic carbocycles. The van der Waals surface area contributed by atoms with Gasteiger partial charge in [0.1, 0.15) is 6.17 Å². The molecule has 0 bridgehead atoms. The lowest BCUT2D eigenvalue weighted by Gasteiger charge is -2.51. The van der Waals surface area contributed by atoms with Crippen molar-refractivity contribution in [2.45, 2.75) is 12.2 Å². The van der Waals surface area contributed by atoms with Crippen LogP contribution < -0.4 is 15.2 Å². The number of fused-ring (bicyclic) bond motifs is 9. The summed E-state index contributed by atoms with van der Waals surface area (Å²) in [7, 11) is 1.13. The van der Waals surface area contributed by atoms with Crippen molar-refractivity contribution in [2.75, 3.05) is 38.7 Å². The maximum absolute atomic E-state index is 16.4. The van der Waals surface area contributed by atoms with Gasteiger partial charge in [0.2, 0.25) is 18.0 Å². The number of carbonyl (C=O) groups is 2. The van der Waals surface area contributed by atoms with Crippen molar-refractivity contribution in [3.8, 4) is 27.3 Å². The molecule has 8 rings (SSSR count). The van der Waals surface area contributed by atoms with E-state index in [4.69, 9.17) is 14.2 Å². The fourth-order valence-corrected chi connectivity index (χ4v) is 8.04. The van der Waals surface area contributed by atoms with Crippen LogP contribution in [0.3, 0.4) is 0 Å². The van der Waals surface area contributed by atoms with Crippen LogP contribution in [0.25, 0.3) is 31.7 Å². The summed E-state index contributed by atoms with van der Waals surface area (Å²) in [6.45, 7) is -0.152. The van der Waals surface area contributed by atoms with Crippen molar-refractivity contribution in [3.05, 3.63) is 112 Å². The molecule has 238 valence electrons. The average Bonchev–Trinajstić information content (AvgIpc) is 3.42. The minimum absolute atomic E-state index is 0.0986. The number of ether oxygens (including phenoxy) is 4. The molecule has 2 aliphatic heterocycles. The zero-order valence-electron chi connectivity index (χ0n) is 24.8. The Hall–Kier alpha value is -5.27. The quantitative estimate of drug-likeness (QED) is 0.181. The van der Waals surface area contributed by atoms with Crippen molar-refractivity contribution in [1.82, 2.24) is 9.58 Å². The molecule has 0 unspecified atom stereocenters. The van der Waals surface area contributed by atoms with E-state index in [0.29, 0.717) is 11.1 Å². The SMILES string of the molecule is COC(=O)OCOc1c2n(ccc1=O)N([C@@H]1c3ccccc3-c3sc4ccccc4c3-c3c1ccc(F)c3F)[C@@H]1COCCN1C2=O. The molecule has 0 radical (unpaired) electrons. The van der Waals surface area contributed by atoms with Gasteiger partial charge in [-0.15, -0.1) is 11.3 Å². The lowest BCUT2D eigenvalue weighted by atomic mass is 9.91. The first kappa shape index (κ1) is 29.2. The van der Waals surface area contributed by atoms with Crippen molar-refractivity contribution < 1.29 is 37.3 Å². The first-order chi connectivity index (χ1) is 22.9. The van der Waals surface area contributed by atoms with Crippen molar-refractivity contribution in [3.63, 3.8) is 0 Å². The summed E-state index contributed by atoms with van der Waals surface area (Å²) in [5.41, 5.74) is 2.01. The normalized spacial score (nSPS) is 18.0. The number of pyridine rings is 1. The Kier molecular flexibility index (Phi) is 6.95. The maximum atomic E-state index is 16.4. The maximum Gasteiger partial charge on any atom is 0.510 e. The second kappa shape index (κ2) is 11.2. The Balaban J connectivity index is 1.42. The number of aromatic nitrogens is 1. The molecule has 47 heavy (non-hydrogen) atoms. The fraction of sp³-hybridized carbons (Fsp3) is 0.206. The molecule has 5 aromatic rings. The third kappa shape index (κ3) is 4.41. The zero-order valence-corrected chi connectivity index (χ0v) is 25.6. The molecule has 3 aliphatic rings. The highest BCUT2D eigenvalue weighted by Gasteiger charge is 2.47. The van der Waals surface area contributed by atoms with Crippen LogP contribution in [-0.4, -0.2) is 61.5 Å². The Labute approximate surface area is 269 Å². The molecule has 0 saturated carbocycles. The topological polar surface area (TPSA) is 99.5 Å². The molecule has 10 nitrogen and oxygen atoms in total. The molecule has 2 aromatic heterocycles. The number of nitrogens with zero attached hydrogens (tertiary/aromatic N) is 3. The van der Waals surface area contributed by atoms with Gasteiger partial charge >= 0.3 is 6.16 Å². The minimum atomic E-state index is -1.03. The number of carbonyl (C=O) groups excluding carboxylic acids is 2. The molecule has 1 aliphatic carbocycles. The Morgan fingerprint density at radius 1 is 1.00 bits per heavy atom. The van der Waals surface area contributed by atoms with E-state index < -0.39 is 48.1 Å². The van der Waals surface area contributed by atoms with Gasteiger partial charge in [0.05, 0.1) is 26.4 Å². The number of thiophene rings is 1. The van der Waals surface area contributed by atoms with E-state index in [9.17, 15) is 14.4 Å². The van der Waals surface area contributed by atoms with E-state index in [1.807, 2.05) is 53.5 Å². The Morgan fingerprint density at radius 3 is 2.66 bits per heavy atom. The van der Waals surface area contributed by atoms with E-state index in [1.54, 1.807) is 11.0 Å². The molecule has 1 saturated heterocycles. The van der Waals surface area contributed by atoms with Gasteiger partial charge < -0.3 is 23.8 Å². The lowest BCUT2D eigenvalue weighted by Crippen LogP contribution is -2.66. The molecule has 1 fully saturated rings. The smallest absolute Gasteiger partial charge is 0.451 e. The van der Waals surface area contributed by atoms with Crippen LogP contribution in [0.1, 0.15) is 27.7 Å². The Bertz CT molecular complexity index is 2170. The summed E-state index contributed by atoms with van der Waals surface area (Å²) in [5, 5.41) is 2.63. The third-order valence-electron chi connectivity index (χ3n) is 8.73. The first-order valence-electron chi connectivity index (χ1n) is 14.7. The van der Waals surface area contributed by atoms with E-state index >= 15 is 8.78 Å². The van der Waals surface area contributed by atoms with E-state index in [1.165, 1.54) is 28.3 Å². The summed E-state index contributed by atoms with van der Waals surface area (Å²) in [4.78, 5) is 41.2. The highest BCUT2D eigenvalue weighted by molar-refractivity contribution is 7.23. The molecule has 4 heterocycles. The molecule has 0 N–H and O–H groups in total. The van der Waals surface area contributed by atoms with Crippen LogP contribution in [0.4, 0.5) is 13.6 Å². The monoisotopic (exact) mass is 657 g/mol. The van der Waals surface area contributed by atoms with Gasteiger partial charge in [-0.25, -0.2) is 13.6 Å². The van der Waals surface area contributed by atoms with Crippen LogP contribution in [0.2, 0.25) is 0 Å². The second-order valence-electron chi connectivity index (χ2n) is 11.1. The van der Waals surface area contributed by atoms with Crippen LogP contribution in [0, 0.1) is 11.6 Å². The van der Waals surface area contributed by atoms with Gasteiger partial charge in [0.15, 0.2) is 17.3 Å². The number of hydrogen-bond donors (Lipinski definition) is 0. The molecular formula is C34H25F2N3O7S. The van der Waals surface area contributed by atoms with Crippen LogP contribution in [0.5, 0.6) is 5.75 Å². The summed E-state index contributed by atoms with van der Waals surface area (Å²) in [6, 6.07) is 18.4. The van der Waals surface area contributed by atoms with Gasteiger partial charge in [-0.2, -0.15) is 0 Å². The van der Waals surface area contributed by atoms with E-state index in [-0.39, 0.29) is 36.8 Å². The number of hydrogen-bond acceptors (Lipinski definition) is 9. The first-order valence-corrected chi connectivity index (χ1v) is 15.6. The summed E-state index contributed by atoms with van der Waals surface area (Å²) in [6.07, 6.45) is -0.289. The zero-order chi connectivity index (χ0) is 32.4. The van der Waals surface area contributed by atoms with E-state index in [0.717, 1.165) is 39.3 Å². The highest BCUT2D eigenvalue weighted by atomic mass is 32.1. The highest BCUT2D eigenvalue weighted by Crippen LogP contribution is 2.54. The van der Waals surface area contributed by atoms with Gasteiger partial charge in [0.25, 0.3) is 5.91 Å². The molecule has 1 amide bonds. The van der Waals surface area contributed by atoms with Crippen LogP contribution in [0.15, 0.2) is 77.7 Å². The number of methoxy groups -OCH3 is 1. The molecule has 2 atom stereocenters. The molecule has 13 heteroatoms. The molecular weight excluding hydrogens is 632 g/mol. The lowest BCUT2D eigenvalue weighted by molar-refractivity contribution is -0.0208. The van der Waals surface area contributed by atoms with Gasteiger partial charge in [-0.05, 0) is 28.8 Å². The predicted octanol–water partition coefficient (Wildman–Crippen LogP) is 5.65. The van der Waals surface area contributed by atoms with Crippen molar-refractivity contribution in [1.29, 1.82) is 0 Å². The number of amides is 1. The standard InChI is InChI=1S/C34H25F2N3O7S/c1-43-34(42)46-17-45-31-23(40)12-13-38-30(31)33(41)37-14-15-44-16-25(37)39(38)29-18-6-2-3-7-19(18)32-27(20-8-4-5-9-24(20)47-32)26-21(29)10-11-22(35)28(26)36/h2-13,25,29H,14-17H2,1H3/t25-,29-/m1/s1. The second-order valence-corrected chi connectivity index (χ2v) is 12.2. The van der Waals surface area contributed by atoms with Crippen molar-refractivity contribution >= 4 is 33.5 Å². The summed E-state index contributed by atoms with van der Waals surface area (Å²) >= 11 is 1.49. The van der Waals surface area contributed by atoms with Gasteiger partial charge in [-0.3, -0.25) is 19.3 Å². The number of halogens is 2. The average molecular weight is 658 g/mol. The largest absolute Gasteiger partial charge is 0.510 e. The minimum Gasteiger partial charge on any atom is -0.451 e. The summed E-state index contributed by atoms with van der Waals surface area (Å²) < 4.78 is 54.9. The fourth-order valence-electron chi connectivity index (χ4n) is 6.78. The van der Waals surface area contributed by atoms with Gasteiger partial charge in [0, 0.05) is 44.9 Å². The number of rotatable bonds is 4. The predicted molar refractivity (Wildman–Crippen MR) is 168 cm³/mol. The number of morpholine rings is 1. The van der Waals surface area contributed by atoms with E-state index in [2.05, 4.69) is 4.74 Å². The third-order valence-corrected chi connectivity index (χ3v) is 9.94. The molecule has 0 spiro atoms.